The van der Waals surface area contributed by atoms with Gasteiger partial charge < -0.3 is 21.4 Å². The number of amides is 3. The Morgan fingerprint density at radius 2 is 1.67 bits per heavy atom. The fourth-order valence-corrected chi connectivity index (χ4v) is 3.53. The van der Waals surface area contributed by atoms with Crippen molar-refractivity contribution >= 4 is 34.3 Å². The van der Waals surface area contributed by atoms with E-state index in [1.54, 1.807) is 42.6 Å². The van der Waals surface area contributed by atoms with Crippen LogP contribution in [0.3, 0.4) is 0 Å². The third-order valence-electron chi connectivity index (χ3n) is 5.05. The first-order valence-electron chi connectivity index (χ1n) is 9.76. The molecule has 2 aromatic carbocycles. The van der Waals surface area contributed by atoms with Gasteiger partial charge in [-0.05, 0) is 54.4 Å². The predicted molar refractivity (Wildman–Crippen MR) is 119 cm³/mol. The number of anilines is 2. The average Bonchev–Trinajstić information content (AvgIpc) is 3.15. The Morgan fingerprint density at radius 3 is 2.33 bits per heavy atom. The largest absolute Gasteiger partial charge is 0.416 e. The number of aromatic amines is 1. The maximum atomic E-state index is 13.1. The molecule has 0 saturated carbocycles. The van der Waals surface area contributed by atoms with Crippen molar-refractivity contribution in [2.45, 2.75) is 13.1 Å². The lowest BCUT2D eigenvalue weighted by Crippen LogP contribution is -2.20. The number of aryl methyl sites for hydroxylation is 1. The molecule has 0 aliphatic rings. The van der Waals surface area contributed by atoms with Crippen LogP contribution in [0.4, 0.5) is 29.3 Å². The summed E-state index contributed by atoms with van der Waals surface area (Å²) < 4.78 is 39.2. The molecular formula is C23H18F3N5O2. The van der Waals surface area contributed by atoms with E-state index in [0.29, 0.717) is 27.8 Å². The number of rotatable bonds is 4. The second-order valence-electron chi connectivity index (χ2n) is 7.32. The molecule has 4 aromatic rings. The van der Waals surface area contributed by atoms with Crippen LogP contribution in [-0.4, -0.2) is 21.9 Å². The minimum Gasteiger partial charge on any atom is -0.364 e. The lowest BCUT2D eigenvalue weighted by molar-refractivity contribution is -0.138. The Hall–Kier alpha value is -4.34. The molecule has 10 heteroatoms. The van der Waals surface area contributed by atoms with E-state index in [1.165, 1.54) is 19.1 Å². The van der Waals surface area contributed by atoms with Crippen molar-refractivity contribution in [2.75, 3.05) is 10.6 Å². The van der Waals surface area contributed by atoms with Crippen LogP contribution >= 0.6 is 0 Å². The number of hydrogen-bond acceptors (Lipinski definition) is 3. The predicted octanol–water partition coefficient (Wildman–Crippen LogP) is 5.30. The normalized spacial score (nSPS) is 11.4. The van der Waals surface area contributed by atoms with E-state index in [4.69, 9.17) is 5.73 Å². The van der Waals surface area contributed by atoms with Gasteiger partial charge in [-0.3, -0.25) is 4.79 Å². The van der Waals surface area contributed by atoms with E-state index in [9.17, 15) is 22.8 Å². The molecule has 0 saturated heterocycles. The van der Waals surface area contributed by atoms with Crippen molar-refractivity contribution in [1.82, 2.24) is 9.97 Å². The number of urea groups is 1. The highest BCUT2D eigenvalue weighted by Crippen LogP contribution is 2.34. The third-order valence-corrected chi connectivity index (χ3v) is 5.05. The van der Waals surface area contributed by atoms with Crippen molar-refractivity contribution in [3.63, 3.8) is 0 Å². The Bertz CT molecular complexity index is 1360. The summed E-state index contributed by atoms with van der Waals surface area (Å²) in [6.45, 7) is 1.35. The molecule has 0 bridgehead atoms. The van der Waals surface area contributed by atoms with E-state index in [2.05, 4.69) is 20.6 Å². The highest BCUT2D eigenvalue weighted by atomic mass is 19.4. The average molecular weight is 453 g/mol. The zero-order valence-electron chi connectivity index (χ0n) is 17.2. The first-order valence-corrected chi connectivity index (χ1v) is 9.76. The SMILES string of the molecule is Cc1ccc(NC(=O)Nc2ccc(-c3c(C(N)=O)[nH]c4ncccc34)cc2)cc1C(F)(F)F. The monoisotopic (exact) mass is 453 g/mol. The molecule has 0 radical (unpaired) electrons. The van der Waals surface area contributed by atoms with E-state index >= 15 is 0 Å². The number of pyridine rings is 1. The molecule has 4 rings (SSSR count). The molecule has 7 nitrogen and oxygen atoms in total. The van der Waals surface area contributed by atoms with Crippen LogP contribution in [0.25, 0.3) is 22.2 Å². The van der Waals surface area contributed by atoms with Crippen LogP contribution in [0.15, 0.2) is 60.8 Å². The molecule has 33 heavy (non-hydrogen) atoms. The van der Waals surface area contributed by atoms with Gasteiger partial charge in [-0.15, -0.1) is 0 Å². The first-order chi connectivity index (χ1) is 15.6. The number of H-pyrrole nitrogens is 1. The Balaban J connectivity index is 1.54. The van der Waals surface area contributed by atoms with Gasteiger partial charge in [-0.25, -0.2) is 9.78 Å². The highest BCUT2D eigenvalue weighted by molar-refractivity contribution is 6.08. The maximum Gasteiger partial charge on any atom is 0.416 e. The van der Waals surface area contributed by atoms with Gasteiger partial charge in [-0.2, -0.15) is 13.2 Å². The number of nitrogens with two attached hydrogens (primary N) is 1. The van der Waals surface area contributed by atoms with Gasteiger partial charge in [0.15, 0.2) is 0 Å². The van der Waals surface area contributed by atoms with Crippen LogP contribution in [0.2, 0.25) is 0 Å². The van der Waals surface area contributed by atoms with E-state index in [1.807, 2.05) is 0 Å². The molecule has 168 valence electrons. The van der Waals surface area contributed by atoms with E-state index < -0.39 is 23.7 Å². The molecule has 5 N–H and O–H groups in total. The van der Waals surface area contributed by atoms with Crippen LogP contribution in [0.1, 0.15) is 21.6 Å². The number of carbonyl (C=O) groups is 2. The zero-order valence-corrected chi connectivity index (χ0v) is 17.2. The second kappa shape index (κ2) is 8.30. The number of halogens is 3. The van der Waals surface area contributed by atoms with Gasteiger partial charge in [0.1, 0.15) is 11.3 Å². The zero-order chi connectivity index (χ0) is 23.8. The minimum absolute atomic E-state index is 0.0134. The summed E-state index contributed by atoms with van der Waals surface area (Å²) in [7, 11) is 0. The second-order valence-corrected chi connectivity index (χ2v) is 7.32. The molecule has 2 heterocycles. The number of alkyl halides is 3. The number of nitrogens with zero attached hydrogens (tertiary/aromatic N) is 1. The molecule has 0 spiro atoms. The number of primary amides is 1. The van der Waals surface area contributed by atoms with Crippen molar-refractivity contribution in [1.29, 1.82) is 0 Å². The van der Waals surface area contributed by atoms with Gasteiger partial charge in [0, 0.05) is 28.5 Å². The molecule has 0 unspecified atom stereocenters. The standard InChI is InChI=1S/C23H18F3N5O2/c1-12-4-7-15(11-17(12)23(24,25)26)30-22(33)29-14-8-5-13(6-9-14)18-16-3-2-10-28-21(16)31-19(18)20(27)32/h2-11H,1H3,(H2,27,32)(H,28,31)(H2,29,30,33). The summed E-state index contributed by atoms with van der Waals surface area (Å²) in [6, 6.07) is 13.0. The summed E-state index contributed by atoms with van der Waals surface area (Å²) >= 11 is 0. The van der Waals surface area contributed by atoms with Crippen LogP contribution < -0.4 is 16.4 Å². The smallest absolute Gasteiger partial charge is 0.364 e. The lowest BCUT2D eigenvalue weighted by atomic mass is 10.0. The first kappa shape index (κ1) is 21.9. The molecule has 0 aliphatic heterocycles. The Kier molecular flexibility index (Phi) is 5.50. The number of nitrogens with one attached hydrogen (secondary N) is 3. The molecule has 0 atom stereocenters. The van der Waals surface area contributed by atoms with Crippen LogP contribution in [-0.2, 0) is 6.18 Å². The molecular weight excluding hydrogens is 435 g/mol. The van der Waals surface area contributed by atoms with Crippen molar-refractivity contribution in [2.24, 2.45) is 5.73 Å². The van der Waals surface area contributed by atoms with Crippen molar-refractivity contribution in [3.05, 3.63) is 77.6 Å². The van der Waals surface area contributed by atoms with Crippen LogP contribution in [0, 0.1) is 6.92 Å². The highest BCUT2D eigenvalue weighted by Gasteiger charge is 2.32. The number of hydrogen-bond donors (Lipinski definition) is 4. The van der Waals surface area contributed by atoms with Crippen molar-refractivity contribution in [3.8, 4) is 11.1 Å². The summed E-state index contributed by atoms with van der Waals surface area (Å²) in [6.07, 6.45) is -2.93. The molecule has 0 aliphatic carbocycles. The van der Waals surface area contributed by atoms with Gasteiger partial charge >= 0.3 is 12.2 Å². The van der Waals surface area contributed by atoms with Crippen LogP contribution in [0.5, 0.6) is 0 Å². The molecule has 3 amide bonds. The fourth-order valence-electron chi connectivity index (χ4n) is 3.53. The van der Waals surface area contributed by atoms with Gasteiger partial charge in [-0.1, -0.05) is 18.2 Å². The number of carbonyl (C=O) groups excluding carboxylic acids is 2. The number of aromatic nitrogens is 2. The lowest BCUT2D eigenvalue weighted by Gasteiger charge is -2.13. The fraction of sp³-hybridized carbons (Fsp3) is 0.0870. The quantitative estimate of drug-likeness (QED) is 0.336. The Labute approximate surface area is 185 Å². The van der Waals surface area contributed by atoms with Gasteiger partial charge in [0.2, 0.25) is 0 Å². The third kappa shape index (κ3) is 4.49. The molecule has 0 fully saturated rings. The van der Waals surface area contributed by atoms with Gasteiger partial charge in [0.05, 0.1) is 5.56 Å². The maximum absolute atomic E-state index is 13.1. The summed E-state index contributed by atoms with van der Waals surface area (Å²) in [5.41, 5.74) is 7.13. The topological polar surface area (TPSA) is 113 Å². The van der Waals surface area contributed by atoms with Gasteiger partial charge in [0.25, 0.3) is 5.91 Å². The van der Waals surface area contributed by atoms with E-state index in [0.717, 1.165) is 6.07 Å². The Morgan fingerprint density at radius 1 is 1.00 bits per heavy atom. The van der Waals surface area contributed by atoms with E-state index in [-0.39, 0.29) is 16.9 Å². The minimum atomic E-state index is -4.52. The summed E-state index contributed by atoms with van der Waals surface area (Å²) in [5.74, 6) is -0.638. The molecule has 2 aromatic heterocycles. The number of fused-ring (bicyclic) bond motifs is 1. The summed E-state index contributed by atoms with van der Waals surface area (Å²) in [4.78, 5) is 31.3. The summed E-state index contributed by atoms with van der Waals surface area (Å²) in [5, 5.41) is 5.68. The van der Waals surface area contributed by atoms with Crippen molar-refractivity contribution < 1.29 is 22.8 Å². The number of benzene rings is 2.